The second-order valence-electron chi connectivity index (χ2n) is 9.00. The number of hydrogen-bond donors (Lipinski definition) is 5. The van der Waals surface area contributed by atoms with Crippen molar-refractivity contribution in [2.24, 2.45) is 0 Å². The smallest absolute Gasteiger partial charge is 0.412 e. The zero-order valence-corrected chi connectivity index (χ0v) is 22.8. The Kier molecular flexibility index (Phi) is 11.3. The number of methoxy groups -OCH3 is 1. The summed E-state index contributed by atoms with van der Waals surface area (Å²) in [6.07, 6.45) is -2.14. The number of aliphatic hydroxyl groups excluding tert-OH is 1. The van der Waals surface area contributed by atoms with Gasteiger partial charge in [-0.3, -0.25) is 19.7 Å². The predicted molar refractivity (Wildman–Crippen MR) is 142 cm³/mol. The maximum absolute atomic E-state index is 12.6. The second kappa shape index (κ2) is 14.0. The average Bonchev–Trinajstić information content (AvgIpc) is 2.83. The molecule has 0 fully saturated rings. The van der Waals surface area contributed by atoms with Gasteiger partial charge in [-0.2, -0.15) is 0 Å². The van der Waals surface area contributed by atoms with Crippen LogP contribution in [0.1, 0.15) is 41.5 Å². The molecule has 0 saturated carbocycles. The Bertz CT molecular complexity index is 1150. The topological polar surface area (TPSA) is 155 Å². The number of carbonyl (C=O) groups is 4. The molecule has 0 bridgehead atoms. The zero-order chi connectivity index (χ0) is 28.5. The molecule has 2 atom stereocenters. The van der Waals surface area contributed by atoms with Crippen LogP contribution in [0.2, 0.25) is 10.0 Å². The highest BCUT2D eigenvalue weighted by Gasteiger charge is 2.25. The molecule has 4 amide bonds. The molecule has 2 aromatic carbocycles. The first kappa shape index (κ1) is 30.8. The van der Waals surface area contributed by atoms with Crippen LogP contribution in [-0.2, 0) is 14.3 Å². The molecule has 0 radical (unpaired) electrons. The van der Waals surface area contributed by atoms with Gasteiger partial charge in [0.25, 0.3) is 11.8 Å². The molecule has 0 aliphatic heterocycles. The highest BCUT2D eigenvalue weighted by atomic mass is 35.5. The lowest BCUT2D eigenvalue weighted by molar-refractivity contribution is -0.121. The van der Waals surface area contributed by atoms with E-state index in [-0.39, 0.29) is 27.7 Å². The number of amides is 4. The Morgan fingerprint density at radius 1 is 0.974 bits per heavy atom. The van der Waals surface area contributed by atoms with Crippen LogP contribution in [0.5, 0.6) is 0 Å². The Hall–Kier alpha value is -3.38. The standard InChI is InChI=1S/C25H30Cl2N4O7/c1-25(2,3)38-24(36)30-15-8-5-7-14(11-15)21(33)29-13-19(32)28-12-18(23(35)37-4)31-22(34)20-16(26)9-6-10-17(20)27/h5-11,18,23,35H,12-13H2,1-4H3,(H,28,32)(H,29,33)(H,30,36)(H,31,34)/t18?,23-/m0/s1. The number of rotatable bonds is 10. The van der Waals surface area contributed by atoms with Gasteiger partial charge < -0.3 is 30.5 Å². The monoisotopic (exact) mass is 568 g/mol. The number of nitrogens with one attached hydrogen (secondary N) is 4. The summed E-state index contributed by atoms with van der Waals surface area (Å²) >= 11 is 12.1. The van der Waals surface area contributed by atoms with Gasteiger partial charge in [0.1, 0.15) is 5.60 Å². The van der Waals surface area contributed by atoms with E-state index in [4.69, 9.17) is 32.7 Å². The van der Waals surface area contributed by atoms with Gasteiger partial charge in [-0.1, -0.05) is 35.3 Å². The summed E-state index contributed by atoms with van der Waals surface area (Å²) in [5.41, 5.74) is -0.147. The van der Waals surface area contributed by atoms with Crippen LogP contribution in [0.15, 0.2) is 42.5 Å². The van der Waals surface area contributed by atoms with E-state index < -0.39 is 48.3 Å². The van der Waals surface area contributed by atoms with Crippen LogP contribution in [0.3, 0.4) is 0 Å². The van der Waals surface area contributed by atoms with Gasteiger partial charge >= 0.3 is 6.09 Å². The van der Waals surface area contributed by atoms with E-state index in [0.717, 1.165) is 0 Å². The van der Waals surface area contributed by atoms with Crippen molar-refractivity contribution in [3.63, 3.8) is 0 Å². The molecule has 206 valence electrons. The van der Waals surface area contributed by atoms with Crippen LogP contribution in [0.4, 0.5) is 10.5 Å². The molecule has 1 unspecified atom stereocenters. The molecule has 5 N–H and O–H groups in total. The lowest BCUT2D eigenvalue weighted by atomic mass is 10.1. The molecule has 38 heavy (non-hydrogen) atoms. The van der Waals surface area contributed by atoms with Crippen molar-refractivity contribution < 1.29 is 33.8 Å². The van der Waals surface area contributed by atoms with E-state index in [1.165, 1.54) is 31.4 Å². The largest absolute Gasteiger partial charge is 0.444 e. The molecule has 0 spiro atoms. The molecule has 0 aromatic heterocycles. The third kappa shape index (κ3) is 9.82. The quantitative estimate of drug-likeness (QED) is 0.276. The van der Waals surface area contributed by atoms with Crippen LogP contribution in [0, 0.1) is 0 Å². The third-order valence-electron chi connectivity index (χ3n) is 4.79. The maximum atomic E-state index is 12.6. The van der Waals surface area contributed by atoms with Crippen LogP contribution in [-0.4, -0.2) is 67.1 Å². The number of benzene rings is 2. The van der Waals surface area contributed by atoms with Gasteiger partial charge in [0.15, 0.2) is 6.29 Å². The van der Waals surface area contributed by atoms with E-state index in [9.17, 15) is 24.3 Å². The third-order valence-corrected chi connectivity index (χ3v) is 5.42. The average molecular weight is 569 g/mol. The summed E-state index contributed by atoms with van der Waals surface area (Å²) in [6.45, 7) is 4.54. The van der Waals surface area contributed by atoms with Crippen molar-refractivity contribution in [1.82, 2.24) is 16.0 Å². The van der Waals surface area contributed by atoms with Crippen LogP contribution >= 0.6 is 23.2 Å². The number of hydrogen-bond acceptors (Lipinski definition) is 7. The van der Waals surface area contributed by atoms with Gasteiger partial charge in [0.05, 0.1) is 28.2 Å². The highest BCUT2D eigenvalue weighted by Crippen LogP contribution is 2.24. The first-order chi connectivity index (χ1) is 17.8. The van der Waals surface area contributed by atoms with E-state index in [2.05, 4.69) is 21.3 Å². The van der Waals surface area contributed by atoms with Gasteiger partial charge in [-0.05, 0) is 51.1 Å². The lowest BCUT2D eigenvalue weighted by Crippen LogP contribution is -2.52. The van der Waals surface area contributed by atoms with E-state index >= 15 is 0 Å². The van der Waals surface area contributed by atoms with Gasteiger partial charge in [0.2, 0.25) is 5.91 Å². The summed E-state index contributed by atoms with van der Waals surface area (Å²) in [5.74, 6) is -1.84. The molecule has 0 heterocycles. The first-order valence-corrected chi connectivity index (χ1v) is 12.2. The van der Waals surface area contributed by atoms with Crippen molar-refractivity contribution in [2.75, 3.05) is 25.5 Å². The first-order valence-electron chi connectivity index (χ1n) is 11.4. The normalized spacial score (nSPS) is 12.6. The van der Waals surface area contributed by atoms with Gasteiger partial charge in [-0.15, -0.1) is 0 Å². The molecule has 2 rings (SSSR count). The minimum absolute atomic E-state index is 0.00566. The van der Waals surface area contributed by atoms with E-state index in [1.807, 2.05) is 0 Å². The predicted octanol–water partition coefficient (Wildman–Crippen LogP) is 2.95. The summed E-state index contributed by atoms with van der Waals surface area (Å²) in [5, 5.41) is 20.3. The number of anilines is 1. The number of aliphatic hydroxyl groups is 1. The van der Waals surface area contributed by atoms with Crippen molar-refractivity contribution >= 4 is 52.7 Å². The Balaban J connectivity index is 1.92. The fraction of sp³-hybridized carbons (Fsp3) is 0.360. The summed E-state index contributed by atoms with van der Waals surface area (Å²) in [7, 11) is 1.22. The fourth-order valence-corrected chi connectivity index (χ4v) is 3.62. The molecule has 2 aromatic rings. The zero-order valence-electron chi connectivity index (χ0n) is 21.3. The van der Waals surface area contributed by atoms with Crippen molar-refractivity contribution in [2.45, 2.75) is 38.7 Å². The fourth-order valence-electron chi connectivity index (χ4n) is 3.05. The van der Waals surface area contributed by atoms with Crippen molar-refractivity contribution in [3.8, 4) is 0 Å². The van der Waals surface area contributed by atoms with Crippen LogP contribution < -0.4 is 21.3 Å². The SMILES string of the molecule is CO[C@H](O)C(CNC(=O)CNC(=O)c1cccc(NC(=O)OC(C)(C)C)c1)NC(=O)c1c(Cl)cccc1Cl. The van der Waals surface area contributed by atoms with Gasteiger partial charge in [0, 0.05) is 24.9 Å². The van der Waals surface area contributed by atoms with Crippen molar-refractivity contribution in [1.29, 1.82) is 0 Å². The molecule has 0 saturated heterocycles. The van der Waals surface area contributed by atoms with Gasteiger partial charge in [-0.25, -0.2) is 4.79 Å². The number of carbonyl (C=O) groups excluding carboxylic acids is 4. The minimum Gasteiger partial charge on any atom is -0.444 e. The second-order valence-corrected chi connectivity index (χ2v) is 9.81. The summed E-state index contributed by atoms with van der Waals surface area (Å²) in [4.78, 5) is 49.4. The Labute approximate surface area is 230 Å². The lowest BCUT2D eigenvalue weighted by Gasteiger charge is -2.24. The summed E-state index contributed by atoms with van der Waals surface area (Å²) < 4.78 is 10.1. The highest BCUT2D eigenvalue weighted by molar-refractivity contribution is 6.39. The molecule has 0 aliphatic carbocycles. The Morgan fingerprint density at radius 2 is 1.61 bits per heavy atom. The molecular weight excluding hydrogens is 539 g/mol. The number of ether oxygens (including phenoxy) is 2. The van der Waals surface area contributed by atoms with E-state index in [0.29, 0.717) is 5.69 Å². The Morgan fingerprint density at radius 3 is 2.21 bits per heavy atom. The van der Waals surface area contributed by atoms with E-state index in [1.54, 1.807) is 39.0 Å². The molecule has 0 aliphatic rings. The maximum Gasteiger partial charge on any atom is 0.412 e. The van der Waals surface area contributed by atoms with Crippen LogP contribution in [0.25, 0.3) is 0 Å². The minimum atomic E-state index is -1.46. The molecule has 13 heteroatoms. The molecule has 11 nitrogen and oxygen atoms in total. The van der Waals surface area contributed by atoms with Crippen molar-refractivity contribution in [3.05, 3.63) is 63.6 Å². The molecular formula is C25H30Cl2N4O7. The number of halogens is 2. The summed E-state index contributed by atoms with van der Waals surface area (Å²) in [6, 6.07) is 9.56.